The van der Waals surface area contributed by atoms with Crippen LogP contribution in [0.15, 0.2) is 18.2 Å². The average molecular weight is 266 g/mol. The highest BCUT2D eigenvalue weighted by Gasteiger charge is 2.37. The third-order valence-corrected chi connectivity index (χ3v) is 3.62. The van der Waals surface area contributed by atoms with E-state index in [0.29, 0.717) is 18.7 Å². The second-order valence-electron chi connectivity index (χ2n) is 4.67. The molecule has 0 aliphatic carbocycles. The fraction of sp³-hybridized carbons (Fsp3) is 0.385. The van der Waals surface area contributed by atoms with Crippen molar-refractivity contribution in [3.05, 3.63) is 29.6 Å². The summed E-state index contributed by atoms with van der Waals surface area (Å²) in [5.74, 6) is -2.94. The average Bonchev–Trinajstić information content (AvgIpc) is 2.70. The Morgan fingerprint density at radius 1 is 1.47 bits per heavy atom. The fourth-order valence-electron chi connectivity index (χ4n) is 2.61. The topological polar surface area (TPSA) is 83.6 Å². The summed E-state index contributed by atoms with van der Waals surface area (Å²) in [6.07, 6.45) is 0.464. The van der Waals surface area contributed by atoms with Crippen LogP contribution in [0.1, 0.15) is 23.7 Å². The van der Waals surface area contributed by atoms with Gasteiger partial charge in [0, 0.05) is 12.6 Å². The lowest BCUT2D eigenvalue weighted by atomic mass is 10.0. The van der Waals surface area contributed by atoms with Crippen LogP contribution in [-0.4, -0.2) is 29.6 Å². The maximum absolute atomic E-state index is 13.7. The molecule has 0 saturated carbocycles. The van der Waals surface area contributed by atoms with E-state index in [2.05, 4.69) is 0 Å². The Hall–Kier alpha value is -2.11. The lowest BCUT2D eigenvalue weighted by Crippen LogP contribution is -2.34. The number of carboxylic acids is 1. The summed E-state index contributed by atoms with van der Waals surface area (Å²) in [4.78, 5) is 24.2. The van der Waals surface area contributed by atoms with Crippen LogP contribution in [-0.2, 0) is 4.79 Å². The Morgan fingerprint density at radius 3 is 2.68 bits per heavy atom. The zero-order valence-electron chi connectivity index (χ0n) is 10.5. The van der Waals surface area contributed by atoms with Crippen molar-refractivity contribution < 1.29 is 19.1 Å². The van der Waals surface area contributed by atoms with Gasteiger partial charge in [0.15, 0.2) is 0 Å². The summed E-state index contributed by atoms with van der Waals surface area (Å²) >= 11 is 0. The van der Waals surface area contributed by atoms with E-state index in [1.165, 1.54) is 12.1 Å². The number of hydrogen-bond donors (Lipinski definition) is 2. The van der Waals surface area contributed by atoms with Crippen LogP contribution in [0, 0.1) is 11.7 Å². The third kappa shape index (κ3) is 2.25. The van der Waals surface area contributed by atoms with Crippen LogP contribution < -0.4 is 10.6 Å². The van der Waals surface area contributed by atoms with E-state index in [1.807, 2.05) is 0 Å². The summed E-state index contributed by atoms with van der Waals surface area (Å²) < 4.78 is 13.7. The molecule has 1 aromatic carbocycles. The molecular formula is C13H15FN2O3. The first kappa shape index (κ1) is 13.3. The largest absolute Gasteiger partial charge is 0.481 e. The van der Waals surface area contributed by atoms with Gasteiger partial charge in [0.2, 0.25) is 0 Å². The van der Waals surface area contributed by atoms with E-state index in [4.69, 9.17) is 10.8 Å². The van der Waals surface area contributed by atoms with Gasteiger partial charge in [-0.3, -0.25) is 9.59 Å². The Balaban J connectivity index is 2.41. The molecule has 1 fully saturated rings. The molecular weight excluding hydrogens is 251 g/mol. The number of primary amides is 1. The van der Waals surface area contributed by atoms with Gasteiger partial charge in [-0.05, 0) is 25.5 Å². The van der Waals surface area contributed by atoms with Crippen molar-refractivity contribution in [3.63, 3.8) is 0 Å². The number of halogens is 1. The first-order valence-corrected chi connectivity index (χ1v) is 6.01. The Labute approximate surface area is 109 Å². The van der Waals surface area contributed by atoms with Crippen LogP contribution in [0.2, 0.25) is 0 Å². The van der Waals surface area contributed by atoms with E-state index in [9.17, 15) is 14.0 Å². The number of anilines is 1. The molecule has 1 aliphatic rings. The van der Waals surface area contributed by atoms with Gasteiger partial charge in [-0.25, -0.2) is 4.39 Å². The predicted molar refractivity (Wildman–Crippen MR) is 67.5 cm³/mol. The number of carbonyl (C=O) groups is 2. The smallest absolute Gasteiger partial charge is 0.308 e. The number of carbonyl (C=O) groups excluding carboxylic acids is 1. The van der Waals surface area contributed by atoms with Gasteiger partial charge in [0.25, 0.3) is 5.91 Å². The van der Waals surface area contributed by atoms with Crippen molar-refractivity contribution in [2.45, 2.75) is 19.4 Å². The van der Waals surface area contributed by atoms with Crippen molar-refractivity contribution in [1.29, 1.82) is 0 Å². The summed E-state index contributed by atoms with van der Waals surface area (Å²) in [5, 5.41) is 9.09. The number of aliphatic carboxylic acids is 1. The number of rotatable bonds is 3. The Morgan fingerprint density at radius 2 is 2.16 bits per heavy atom. The number of hydrogen-bond acceptors (Lipinski definition) is 3. The van der Waals surface area contributed by atoms with Gasteiger partial charge in [0.05, 0.1) is 17.2 Å². The van der Waals surface area contributed by atoms with Crippen LogP contribution in [0.3, 0.4) is 0 Å². The molecule has 102 valence electrons. The normalized spacial score (nSPS) is 22.5. The van der Waals surface area contributed by atoms with E-state index in [0.717, 1.165) is 0 Å². The first-order chi connectivity index (χ1) is 8.93. The van der Waals surface area contributed by atoms with E-state index >= 15 is 0 Å². The molecule has 0 radical (unpaired) electrons. The lowest BCUT2D eigenvalue weighted by molar-refractivity contribution is -0.141. The SMILES string of the molecule is CC1C(C(=O)O)CCN1c1cccc(F)c1C(N)=O. The Bertz CT molecular complexity index is 533. The van der Waals surface area contributed by atoms with Crippen LogP contribution in [0.5, 0.6) is 0 Å². The fourth-order valence-corrected chi connectivity index (χ4v) is 2.61. The zero-order valence-corrected chi connectivity index (χ0v) is 10.5. The minimum absolute atomic E-state index is 0.180. The number of benzene rings is 1. The van der Waals surface area contributed by atoms with Gasteiger partial charge in [0.1, 0.15) is 5.82 Å². The highest BCUT2D eigenvalue weighted by atomic mass is 19.1. The van der Waals surface area contributed by atoms with Gasteiger partial charge in [-0.15, -0.1) is 0 Å². The highest BCUT2D eigenvalue weighted by molar-refractivity contribution is 5.99. The molecule has 2 unspecified atom stereocenters. The summed E-state index contributed by atoms with van der Waals surface area (Å²) in [5.41, 5.74) is 5.39. The molecule has 2 rings (SSSR count). The minimum atomic E-state index is -0.882. The molecule has 3 N–H and O–H groups in total. The van der Waals surface area contributed by atoms with E-state index in [-0.39, 0.29) is 11.6 Å². The van der Waals surface area contributed by atoms with Crippen LogP contribution in [0.4, 0.5) is 10.1 Å². The number of nitrogens with zero attached hydrogens (tertiary/aromatic N) is 1. The third-order valence-electron chi connectivity index (χ3n) is 3.62. The van der Waals surface area contributed by atoms with Gasteiger partial charge in [-0.2, -0.15) is 0 Å². The molecule has 0 bridgehead atoms. The molecule has 0 spiro atoms. The van der Waals surface area contributed by atoms with Crippen LogP contribution in [0.25, 0.3) is 0 Å². The minimum Gasteiger partial charge on any atom is -0.481 e. The van der Waals surface area contributed by atoms with Crippen molar-refractivity contribution >= 4 is 17.6 Å². The molecule has 1 amide bonds. The van der Waals surface area contributed by atoms with Crippen molar-refractivity contribution in [2.75, 3.05) is 11.4 Å². The Kier molecular flexibility index (Phi) is 3.42. The maximum Gasteiger partial charge on any atom is 0.308 e. The molecule has 2 atom stereocenters. The maximum atomic E-state index is 13.7. The number of nitrogens with two attached hydrogens (primary N) is 1. The number of carboxylic acid groups (broad SMARTS) is 1. The monoisotopic (exact) mass is 266 g/mol. The standard InChI is InChI=1S/C13H15FN2O3/c1-7-8(13(18)19)5-6-16(7)10-4-2-3-9(14)11(10)12(15)17/h2-4,7-8H,5-6H2,1H3,(H2,15,17)(H,18,19). The summed E-state index contributed by atoms with van der Waals surface area (Å²) in [6, 6.07) is 3.93. The molecule has 0 aromatic heterocycles. The highest BCUT2D eigenvalue weighted by Crippen LogP contribution is 2.33. The van der Waals surface area contributed by atoms with Gasteiger partial charge >= 0.3 is 5.97 Å². The molecule has 1 heterocycles. The zero-order chi connectivity index (χ0) is 14.2. The van der Waals surface area contributed by atoms with Crippen molar-refractivity contribution in [1.82, 2.24) is 0 Å². The molecule has 19 heavy (non-hydrogen) atoms. The second-order valence-corrected chi connectivity index (χ2v) is 4.67. The summed E-state index contributed by atoms with van der Waals surface area (Å²) in [7, 11) is 0. The molecule has 1 saturated heterocycles. The van der Waals surface area contributed by atoms with E-state index < -0.39 is 23.6 Å². The van der Waals surface area contributed by atoms with Gasteiger partial charge in [-0.1, -0.05) is 6.07 Å². The molecule has 6 heteroatoms. The quantitative estimate of drug-likeness (QED) is 0.861. The lowest BCUT2D eigenvalue weighted by Gasteiger charge is -2.27. The predicted octanol–water partition coefficient (Wildman–Crippen LogP) is 1.22. The van der Waals surface area contributed by atoms with Crippen LogP contribution >= 0.6 is 0 Å². The van der Waals surface area contributed by atoms with Gasteiger partial charge < -0.3 is 15.7 Å². The van der Waals surface area contributed by atoms with E-state index in [1.54, 1.807) is 17.9 Å². The summed E-state index contributed by atoms with van der Waals surface area (Å²) in [6.45, 7) is 2.21. The molecule has 1 aliphatic heterocycles. The molecule has 1 aromatic rings. The second kappa shape index (κ2) is 4.87. The number of amides is 1. The van der Waals surface area contributed by atoms with Crippen molar-refractivity contribution in [3.8, 4) is 0 Å². The molecule has 5 nitrogen and oxygen atoms in total. The van der Waals surface area contributed by atoms with Crippen molar-refractivity contribution in [2.24, 2.45) is 11.7 Å². The first-order valence-electron chi connectivity index (χ1n) is 6.01.